The summed E-state index contributed by atoms with van der Waals surface area (Å²) in [5.74, 6) is -2.04. The standard InChI is InChI=1S/C19H13BrN4O5/c1-9(25)16-10(2)29-19(13(16)8-21)22-18(28)17-14(26)7-15(27)24(23-17)12-5-3-11(20)4-6-12/h3-7,26H,1-2H3,(H,22,28). The highest BCUT2D eigenvalue weighted by Crippen LogP contribution is 2.27. The lowest BCUT2D eigenvalue weighted by Gasteiger charge is -2.09. The topological polar surface area (TPSA) is 138 Å². The van der Waals surface area contributed by atoms with Gasteiger partial charge in [-0.1, -0.05) is 15.9 Å². The summed E-state index contributed by atoms with van der Waals surface area (Å²) in [5, 5.41) is 25.6. The summed E-state index contributed by atoms with van der Waals surface area (Å²) in [6.45, 7) is 2.75. The molecule has 0 saturated heterocycles. The molecule has 2 heterocycles. The molecule has 0 saturated carbocycles. The van der Waals surface area contributed by atoms with Crippen LogP contribution < -0.4 is 10.9 Å². The minimum absolute atomic E-state index is 0.0554. The molecule has 2 aromatic heterocycles. The summed E-state index contributed by atoms with van der Waals surface area (Å²) in [6.07, 6.45) is 0. The Bertz CT molecular complexity index is 1240. The number of amides is 1. The number of nitrogens with one attached hydrogen (secondary N) is 1. The molecule has 0 atom stereocenters. The van der Waals surface area contributed by atoms with Crippen LogP contribution >= 0.6 is 15.9 Å². The molecule has 146 valence electrons. The predicted octanol–water partition coefficient (Wildman–Crippen LogP) is 2.93. The number of rotatable bonds is 4. The number of benzene rings is 1. The number of nitrogens with zero attached hydrogens (tertiary/aromatic N) is 3. The second-order valence-electron chi connectivity index (χ2n) is 5.96. The average molecular weight is 457 g/mol. The van der Waals surface area contributed by atoms with Gasteiger partial charge in [0.25, 0.3) is 11.5 Å². The van der Waals surface area contributed by atoms with E-state index in [1.807, 2.05) is 6.07 Å². The monoisotopic (exact) mass is 456 g/mol. The third-order valence-electron chi connectivity index (χ3n) is 3.97. The van der Waals surface area contributed by atoms with Crippen LogP contribution in [0.15, 0.2) is 44.0 Å². The Morgan fingerprint density at radius 3 is 2.55 bits per heavy atom. The van der Waals surface area contributed by atoms with Gasteiger partial charge in [0.05, 0.1) is 11.3 Å². The van der Waals surface area contributed by atoms with Crippen molar-refractivity contribution in [3.63, 3.8) is 0 Å². The predicted molar refractivity (Wildman–Crippen MR) is 105 cm³/mol. The average Bonchev–Trinajstić information content (AvgIpc) is 2.97. The Balaban J connectivity index is 2.03. The van der Waals surface area contributed by atoms with E-state index in [1.165, 1.54) is 13.8 Å². The van der Waals surface area contributed by atoms with Crippen LogP contribution in [0, 0.1) is 18.3 Å². The lowest BCUT2D eigenvalue weighted by atomic mass is 10.1. The van der Waals surface area contributed by atoms with Gasteiger partial charge in [-0.3, -0.25) is 19.7 Å². The quantitative estimate of drug-likeness (QED) is 0.575. The number of anilines is 1. The summed E-state index contributed by atoms with van der Waals surface area (Å²) in [6, 6.07) is 9.23. The number of hydrogen-bond donors (Lipinski definition) is 2. The van der Waals surface area contributed by atoms with Gasteiger partial charge in [0.1, 0.15) is 17.4 Å². The SMILES string of the molecule is CC(=O)c1c(C)oc(NC(=O)c2nn(-c3ccc(Br)cc3)c(=O)cc2O)c1C#N. The molecule has 0 fully saturated rings. The number of aryl methyl sites for hydroxylation is 1. The maximum absolute atomic E-state index is 12.6. The van der Waals surface area contributed by atoms with Gasteiger partial charge in [0.2, 0.25) is 5.88 Å². The fourth-order valence-electron chi connectivity index (χ4n) is 2.70. The molecule has 0 aliphatic rings. The van der Waals surface area contributed by atoms with Gasteiger partial charge >= 0.3 is 0 Å². The van der Waals surface area contributed by atoms with Crippen LogP contribution in [0.1, 0.15) is 39.1 Å². The highest BCUT2D eigenvalue weighted by molar-refractivity contribution is 9.10. The van der Waals surface area contributed by atoms with E-state index in [1.54, 1.807) is 24.3 Å². The van der Waals surface area contributed by atoms with Crippen LogP contribution in [0.2, 0.25) is 0 Å². The number of furan rings is 1. The zero-order chi connectivity index (χ0) is 21.3. The maximum Gasteiger partial charge on any atom is 0.282 e. The second-order valence-corrected chi connectivity index (χ2v) is 6.88. The molecular weight excluding hydrogens is 444 g/mol. The summed E-state index contributed by atoms with van der Waals surface area (Å²) >= 11 is 3.28. The number of Topliss-reactive ketones (excluding diaryl/α,β-unsaturated/α-hetero) is 1. The Morgan fingerprint density at radius 1 is 1.31 bits per heavy atom. The fraction of sp³-hybridized carbons (Fsp3) is 0.105. The first-order valence-electron chi connectivity index (χ1n) is 8.18. The van der Waals surface area contributed by atoms with Crippen molar-refractivity contribution in [1.82, 2.24) is 9.78 Å². The second kappa shape index (κ2) is 7.73. The van der Waals surface area contributed by atoms with Crippen LogP contribution in [-0.2, 0) is 0 Å². The highest BCUT2D eigenvalue weighted by Gasteiger charge is 2.25. The highest BCUT2D eigenvalue weighted by atomic mass is 79.9. The van der Waals surface area contributed by atoms with E-state index >= 15 is 0 Å². The van der Waals surface area contributed by atoms with Crippen LogP contribution in [-0.4, -0.2) is 26.6 Å². The number of aromatic nitrogens is 2. The van der Waals surface area contributed by atoms with Gasteiger partial charge in [-0.2, -0.15) is 15.0 Å². The van der Waals surface area contributed by atoms with E-state index in [2.05, 4.69) is 26.3 Å². The van der Waals surface area contributed by atoms with Crippen molar-refractivity contribution in [2.45, 2.75) is 13.8 Å². The largest absolute Gasteiger partial charge is 0.505 e. The van der Waals surface area contributed by atoms with Gasteiger partial charge in [0, 0.05) is 10.5 Å². The number of carbonyl (C=O) groups excluding carboxylic acids is 2. The van der Waals surface area contributed by atoms with Gasteiger partial charge in [-0.15, -0.1) is 0 Å². The number of ketones is 1. The number of halogens is 1. The minimum Gasteiger partial charge on any atom is -0.505 e. The Morgan fingerprint density at radius 2 is 1.97 bits per heavy atom. The Labute approximate surface area is 172 Å². The third kappa shape index (κ3) is 3.81. The van der Waals surface area contributed by atoms with Crippen molar-refractivity contribution in [3.05, 3.63) is 67.7 Å². The smallest absolute Gasteiger partial charge is 0.282 e. The molecule has 0 spiro atoms. The molecule has 0 aliphatic heterocycles. The molecule has 29 heavy (non-hydrogen) atoms. The van der Waals surface area contributed by atoms with E-state index in [0.29, 0.717) is 5.69 Å². The van der Waals surface area contributed by atoms with Crippen LogP contribution in [0.5, 0.6) is 5.75 Å². The van der Waals surface area contributed by atoms with Crippen LogP contribution in [0.3, 0.4) is 0 Å². The molecule has 0 unspecified atom stereocenters. The maximum atomic E-state index is 12.6. The molecule has 0 radical (unpaired) electrons. The van der Waals surface area contributed by atoms with Crippen molar-refractivity contribution < 1.29 is 19.1 Å². The minimum atomic E-state index is -0.922. The number of carbonyl (C=O) groups is 2. The molecular formula is C19H13BrN4O5. The zero-order valence-electron chi connectivity index (χ0n) is 15.2. The van der Waals surface area contributed by atoms with Crippen LogP contribution in [0.25, 0.3) is 5.69 Å². The van der Waals surface area contributed by atoms with Crippen molar-refractivity contribution in [1.29, 1.82) is 5.26 Å². The van der Waals surface area contributed by atoms with Crippen molar-refractivity contribution in [2.75, 3.05) is 5.32 Å². The van der Waals surface area contributed by atoms with Crippen LogP contribution in [0.4, 0.5) is 5.88 Å². The molecule has 1 amide bonds. The zero-order valence-corrected chi connectivity index (χ0v) is 16.8. The summed E-state index contributed by atoms with van der Waals surface area (Å²) in [4.78, 5) is 36.5. The van der Waals surface area contributed by atoms with E-state index in [-0.39, 0.29) is 22.8 Å². The molecule has 3 rings (SSSR count). The number of hydrogen-bond acceptors (Lipinski definition) is 7. The first-order chi connectivity index (χ1) is 13.7. The third-order valence-corrected chi connectivity index (χ3v) is 4.50. The lowest BCUT2D eigenvalue weighted by molar-refractivity contribution is 0.100. The summed E-state index contributed by atoms with van der Waals surface area (Å²) in [5.41, 5.74) is -0.816. The van der Waals surface area contributed by atoms with Gasteiger partial charge < -0.3 is 9.52 Å². The molecule has 9 nitrogen and oxygen atoms in total. The molecule has 0 aliphatic carbocycles. The van der Waals surface area contributed by atoms with E-state index in [4.69, 9.17) is 4.42 Å². The number of aromatic hydroxyl groups is 1. The van der Waals surface area contributed by atoms with Crippen molar-refractivity contribution >= 4 is 33.5 Å². The van der Waals surface area contributed by atoms with E-state index in [9.17, 15) is 24.8 Å². The van der Waals surface area contributed by atoms with Gasteiger partial charge in [-0.25, -0.2) is 0 Å². The van der Waals surface area contributed by atoms with Gasteiger partial charge in [-0.05, 0) is 38.1 Å². The normalized spacial score (nSPS) is 10.4. The molecule has 0 bridgehead atoms. The summed E-state index contributed by atoms with van der Waals surface area (Å²) < 4.78 is 7.05. The summed E-state index contributed by atoms with van der Waals surface area (Å²) in [7, 11) is 0. The lowest BCUT2D eigenvalue weighted by Crippen LogP contribution is -2.25. The van der Waals surface area contributed by atoms with Crippen molar-refractivity contribution in [3.8, 4) is 17.5 Å². The van der Waals surface area contributed by atoms with Gasteiger partial charge in [0.15, 0.2) is 17.2 Å². The number of nitriles is 1. The fourth-order valence-corrected chi connectivity index (χ4v) is 2.97. The molecule has 1 aromatic carbocycles. The molecule has 3 aromatic rings. The first kappa shape index (κ1) is 20.0. The molecule has 2 N–H and O–H groups in total. The molecule has 10 heteroatoms. The van der Waals surface area contributed by atoms with Crippen molar-refractivity contribution in [2.24, 2.45) is 0 Å². The van der Waals surface area contributed by atoms with E-state index < -0.39 is 28.7 Å². The Kier molecular flexibility index (Phi) is 5.34. The first-order valence-corrected chi connectivity index (χ1v) is 8.97. The Hall–Kier alpha value is -3.71. The van der Waals surface area contributed by atoms with E-state index in [0.717, 1.165) is 15.2 Å².